The summed E-state index contributed by atoms with van der Waals surface area (Å²) in [7, 11) is 2.08. The molecule has 126 valence electrons. The van der Waals surface area contributed by atoms with Crippen LogP contribution in [0, 0.1) is 5.41 Å². The van der Waals surface area contributed by atoms with Gasteiger partial charge in [0, 0.05) is 24.9 Å². The molecule has 0 aliphatic carbocycles. The summed E-state index contributed by atoms with van der Waals surface area (Å²) < 4.78 is 0. The number of rotatable bonds is 4. The normalized spacial score (nSPS) is 29.3. The Morgan fingerprint density at radius 3 is 2.41 bits per heavy atom. The molecular formula is C16H29N3O3. The minimum absolute atomic E-state index is 0.151. The van der Waals surface area contributed by atoms with E-state index in [1.165, 1.54) is 0 Å². The third-order valence-electron chi connectivity index (χ3n) is 5.29. The van der Waals surface area contributed by atoms with Gasteiger partial charge >= 0.3 is 0 Å². The Morgan fingerprint density at radius 2 is 1.82 bits per heavy atom. The quantitative estimate of drug-likeness (QED) is 0.784. The highest BCUT2D eigenvalue weighted by molar-refractivity contribution is 5.82. The maximum absolute atomic E-state index is 12.9. The Morgan fingerprint density at radius 1 is 1.18 bits per heavy atom. The molecule has 0 aromatic rings. The third kappa shape index (κ3) is 3.98. The van der Waals surface area contributed by atoms with Crippen LogP contribution in [0.25, 0.3) is 0 Å². The van der Waals surface area contributed by atoms with Gasteiger partial charge in [-0.2, -0.15) is 0 Å². The number of likely N-dealkylation sites (tertiary alicyclic amines) is 2. The van der Waals surface area contributed by atoms with Gasteiger partial charge in [-0.05, 0) is 52.2 Å². The molecule has 0 spiro atoms. The van der Waals surface area contributed by atoms with Crippen LogP contribution in [-0.4, -0.2) is 65.5 Å². The lowest BCUT2D eigenvalue weighted by molar-refractivity contribution is -0.151. The van der Waals surface area contributed by atoms with E-state index >= 15 is 0 Å². The molecule has 0 radical (unpaired) electrons. The zero-order valence-corrected chi connectivity index (χ0v) is 13.8. The summed E-state index contributed by atoms with van der Waals surface area (Å²) >= 11 is 0. The molecule has 2 heterocycles. The fourth-order valence-corrected chi connectivity index (χ4v) is 3.55. The molecule has 2 amide bonds. The average molecular weight is 311 g/mol. The number of nitrogens with zero attached hydrogens (tertiary/aromatic N) is 2. The van der Waals surface area contributed by atoms with E-state index in [0.717, 1.165) is 32.4 Å². The van der Waals surface area contributed by atoms with E-state index in [4.69, 9.17) is 5.73 Å². The van der Waals surface area contributed by atoms with Crippen LogP contribution in [0.4, 0.5) is 0 Å². The van der Waals surface area contributed by atoms with Crippen molar-refractivity contribution in [2.24, 2.45) is 11.1 Å². The molecule has 1 atom stereocenters. The maximum Gasteiger partial charge on any atom is 0.228 e. The average Bonchev–Trinajstić information content (AvgIpc) is 2.48. The second-order valence-electron chi connectivity index (χ2n) is 7.38. The molecule has 6 heteroatoms. The predicted octanol–water partition coefficient (Wildman–Crippen LogP) is 0.337. The van der Waals surface area contributed by atoms with E-state index in [2.05, 4.69) is 11.9 Å². The Bertz CT molecular complexity index is 432. The molecule has 2 aliphatic rings. The number of aliphatic hydroxyl groups is 1. The highest BCUT2D eigenvalue weighted by Crippen LogP contribution is 2.35. The van der Waals surface area contributed by atoms with E-state index in [0.29, 0.717) is 25.9 Å². The van der Waals surface area contributed by atoms with Crippen molar-refractivity contribution in [2.75, 3.05) is 33.2 Å². The highest BCUT2D eigenvalue weighted by atomic mass is 16.3. The number of hydrogen-bond donors (Lipinski definition) is 2. The first-order valence-electron chi connectivity index (χ1n) is 8.23. The summed E-state index contributed by atoms with van der Waals surface area (Å²) in [4.78, 5) is 27.9. The third-order valence-corrected chi connectivity index (χ3v) is 5.29. The number of carbonyl (C=O) groups excluding carboxylic acids is 2. The minimum Gasteiger partial charge on any atom is -0.388 e. The molecule has 2 saturated heterocycles. The van der Waals surface area contributed by atoms with Crippen molar-refractivity contribution in [3.63, 3.8) is 0 Å². The summed E-state index contributed by atoms with van der Waals surface area (Å²) in [5, 5.41) is 10.7. The van der Waals surface area contributed by atoms with Gasteiger partial charge in [-0.25, -0.2) is 0 Å². The van der Waals surface area contributed by atoms with Crippen molar-refractivity contribution in [3.05, 3.63) is 0 Å². The van der Waals surface area contributed by atoms with E-state index in [1.807, 2.05) is 6.92 Å². The van der Waals surface area contributed by atoms with Crippen molar-refractivity contribution in [1.82, 2.24) is 9.80 Å². The van der Waals surface area contributed by atoms with Crippen LogP contribution in [0.1, 0.15) is 45.4 Å². The van der Waals surface area contributed by atoms with Gasteiger partial charge in [0.15, 0.2) is 0 Å². The standard InChI is InChI=1S/C16H29N3O3/c1-15(7-10-18(2)11-8-15)14(21)19-9-3-5-16(22,12-19)6-4-13(17)20/h22H,3-12H2,1-2H3,(H2,17,20)/t16-/m0/s1. The van der Waals surface area contributed by atoms with Gasteiger partial charge in [-0.15, -0.1) is 0 Å². The molecule has 0 unspecified atom stereocenters. The number of primary amides is 1. The van der Waals surface area contributed by atoms with Crippen molar-refractivity contribution in [3.8, 4) is 0 Å². The molecular weight excluding hydrogens is 282 g/mol. The van der Waals surface area contributed by atoms with Crippen LogP contribution in [0.15, 0.2) is 0 Å². The SMILES string of the molecule is CN1CCC(C)(C(=O)N2CCC[C@](O)(CCC(N)=O)C2)CC1. The Labute approximate surface area is 132 Å². The molecule has 2 rings (SSSR count). The summed E-state index contributed by atoms with van der Waals surface area (Å²) in [6, 6.07) is 0. The van der Waals surface area contributed by atoms with Crippen LogP contribution < -0.4 is 5.73 Å². The number of amides is 2. The lowest BCUT2D eigenvalue weighted by Gasteiger charge is -2.45. The smallest absolute Gasteiger partial charge is 0.228 e. The first-order chi connectivity index (χ1) is 10.2. The number of β-amino-alcohol motifs (C(OH)–C–C–N with tert-alkyl or cyclic N) is 1. The van der Waals surface area contributed by atoms with Crippen molar-refractivity contribution >= 4 is 11.8 Å². The van der Waals surface area contributed by atoms with Crippen LogP contribution in [0.2, 0.25) is 0 Å². The van der Waals surface area contributed by atoms with Gasteiger partial charge in [0.05, 0.1) is 5.60 Å². The molecule has 0 saturated carbocycles. The first kappa shape index (κ1) is 17.2. The van der Waals surface area contributed by atoms with E-state index in [1.54, 1.807) is 4.90 Å². The molecule has 0 bridgehead atoms. The first-order valence-corrected chi connectivity index (χ1v) is 8.23. The van der Waals surface area contributed by atoms with E-state index in [9.17, 15) is 14.7 Å². The molecule has 0 aromatic heterocycles. The van der Waals surface area contributed by atoms with Crippen LogP contribution in [-0.2, 0) is 9.59 Å². The number of hydrogen-bond acceptors (Lipinski definition) is 4. The monoisotopic (exact) mass is 311 g/mol. The topological polar surface area (TPSA) is 86.9 Å². The van der Waals surface area contributed by atoms with Crippen LogP contribution in [0.5, 0.6) is 0 Å². The molecule has 0 aromatic carbocycles. The van der Waals surface area contributed by atoms with Gasteiger partial charge < -0.3 is 20.6 Å². The molecule has 2 aliphatic heterocycles. The number of nitrogens with two attached hydrogens (primary N) is 1. The van der Waals surface area contributed by atoms with E-state index < -0.39 is 11.5 Å². The van der Waals surface area contributed by atoms with Crippen molar-refractivity contribution in [2.45, 2.75) is 51.0 Å². The van der Waals surface area contributed by atoms with Gasteiger partial charge in [-0.1, -0.05) is 6.92 Å². The Kier molecular flexibility index (Phi) is 5.12. The van der Waals surface area contributed by atoms with Gasteiger partial charge in [0.25, 0.3) is 0 Å². The van der Waals surface area contributed by atoms with Crippen LogP contribution in [0.3, 0.4) is 0 Å². The second kappa shape index (κ2) is 6.54. The Hall–Kier alpha value is -1.14. The highest BCUT2D eigenvalue weighted by Gasteiger charge is 2.43. The van der Waals surface area contributed by atoms with Gasteiger partial charge in [-0.3, -0.25) is 9.59 Å². The number of carbonyl (C=O) groups is 2. The molecule has 22 heavy (non-hydrogen) atoms. The Balaban J connectivity index is 1.99. The van der Waals surface area contributed by atoms with E-state index in [-0.39, 0.29) is 17.7 Å². The largest absolute Gasteiger partial charge is 0.388 e. The fraction of sp³-hybridized carbons (Fsp3) is 0.875. The summed E-state index contributed by atoms with van der Waals surface area (Å²) in [6.45, 7) is 4.93. The van der Waals surface area contributed by atoms with Crippen LogP contribution >= 0.6 is 0 Å². The maximum atomic E-state index is 12.9. The fourth-order valence-electron chi connectivity index (χ4n) is 3.55. The molecule has 2 fully saturated rings. The molecule has 3 N–H and O–H groups in total. The summed E-state index contributed by atoms with van der Waals surface area (Å²) in [6.07, 6.45) is 3.63. The number of piperidine rings is 2. The summed E-state index contributed by atoms with van der Waals surface area (Å²) in [5.74, 6) is -0.253. The lowest BCUT2D eigenvalue weighted by atomic mass is 9.78. The predicted molar refractivity (Wildman–Crippen MR) is 84.0 cm³/mol. The molecule has 6 nitrogen and oxygen atoms in total. The van der Waals surface area contributed by atoms with Crippen molar-refractivity contribution in [1.29, 1.82) is 0 Å². The summed E-state index contributed by atoms with van der Waals surface area (Å²) in [5.41, 5.74) is 3.89. The lowest BCUT2D eigenvalue weighted by Crippen LogP contribution is -2.55. The zero-order valence-electron chi connectivity index (χ0n) is 13.8. The zero-order chi connectivity index (χ0) is 16.4. The van der Waals surface area contributed by atoms with Gasteiger partial charge in [0.2, 0.25) is 11.8 Å². The van der Waals surface area contributed by atoms with Gasteiger partial charge in [0.1, 0.15) is 0 Å². The second-order valence-corrected chi connectivity index (χ2v) is 7.38. The van der Waals surface area contributed by atoms with Crippen molar-refractivity contribution < 1.29 is 14.7 Å². The minimum atomic E-state index is -0.968.